The summed E-state index contributed by atoms with van der Waals surface area (Å²) < 4.78 is 11.9. The van der Waals surface area contributed by atoms with Gasteiger partial charge in [-0.05, 0) is 24.3 Å². The van der Waals surface area contributed by atoms with Crippen molar-refractivity contribution in [2.45, 2.75) is 27.7 Å². The van der Waals surface area contributed by atoms with Crippen LogP contribution in [0.1, 0.15) is 27.7 Å². The van der Waals surface area contributed by atoms with Crippen molar-refractivity contribution in [2.75, 3.05) is 0 Å². The summed E-state index contributed by atoms with van der Waals surface area (Å²) in [5.74, 6) is 3.00. The highest BCUT2D eigenvalue weighted by molar-refractivity contribution is 6.08. The molecule has 1 aliphatic rings. The van der Waals surface area contributed by atoms with Crippen LogP contribution in [0.25, 0.3) is 21.8 Å². The number of nitrogens with one attached hydrogen (secondary N) is 1. The fourth-order valence-electron chi connectivity index (χ4n) is 2.87. The van der Waals surface area contributed by atoms with Crippen LogP contribution >= 0.6 is 0 Å². The molecule has 1 N–H and O–H groups in total. The van der Waals surface area contributed by atoms with Crippen LogP contribution in [-0.2, 0) is 0 Å². The van der Waals surface area contributed by atoms with Crippen LogP contribution < -0.4 is 9.47 Å². The molecule has 25 heavy (non-hydrogen) atoms. The number of aromatic nitrogens is 1. The van der Waals surface area contributed by atoms with E-state index in [-0.39, 0.29) is 0 Å². The van der Waals surface area contributed by atoms with Crippen LogP contribution in [0.5, 0.6) is 23.0 Å². The minimum atomic E-state index is 0.743. The van der Waals surface area contributed by atoms with Crippen molar-refractivity contribution in [3.63, 3.8) is 0 Å². The minimum absolute atomic E-state index is 0.743. The Labute approximate surface area is 148 Å². The summed E-state index contributed by atoms with van der Waals surface area (Å²) in [4.78, 5) is 3.42. The SMILES string of the molecule is CC.CC.c1ccc2c(c1)Oc1cc3[nH]c4ccccc4c3cc1O2. The smallest absolute Gasteiger partial charge is 0.172 e. The highest BCUT2D eigenvalue weighted by Crippen LogP contribution is 2.47. The molecule has 4 aromatic rings. The van der Waals surface area contributed by atoms with Gasteiger partial charge >= 0.3 is 0 Å². The number of hydrogen-bond acceptors (Lipinski definition) is 2. The van der Waals surface area contributed by atoms with Gasteiger partial charge in [-0.3, -0.25) is 0 Å². The van der Waals surface area contributed by atoms with Gasteiger partial charge in [0.2, 0.25) is 0 Å². The predicted molar refractivity (Wildman–Crippen MR) is 105 cm³/mol. The second-order valence-corrected chi connectivity index (χ2v) is 5.17. The first kappa shape index (κ1) is 16.9. The summed E-state index contributed by atoms with van der Waals surface area (Å²) in [7, 11) is 0. The van der Waals surface area contributed by atoms with Gasteiger partial charge in [0.1, 0.15) is 0 Å². The van der Waals surface area contributed by atoms with Gasteiger partial charge in [-0.15, -0.1) is 0 Å². The van der Waals surface area contributed by atoms with Crippen molar-refractivity contribution in [1.29, 1.82) is 0 Å². The Morgan fingerprint density at radius 1 is 0.560 bits per heavy atom. The van der Waals surface area contributed by atoms with Gasteiger partial charge in [-0.25, -0.2) is 0 Å². The van der Waals surface area contributed by atoms with Crippen molar-refractivity contribution in [3.8, 4) is 23.0 Å². The Kier molecular flexibility index (Phi) is 4.94. The fourth-order valence-corrected chi connectivity index (χ4v) is 2.87. The van der Waals surface area contributed by atoms with E-state index >= 15 is 0 Å². The van der Waals surface area contributed by atoms with Gasteiger partial charge < -0.3 is 14.5 Å². The van der Waals surface area contributed by atoms with E-state index in [1.165, 1.54) is 5.39 Å². The number of ether oxygens (including phenoxy) is 2. The zero-order valence-electron chi connectivity index (χ0n) is 15.1. The molecule has 0 bridgehead atoms. The monoisotopic (exact) mass is 333 g/mol. The number of hydrogen-bond donors (Lipinski definition) is 1. The summed E-state index contributed by atoms with van der Waals surface area (Å²) in [5.41, 5.74) is 2.17. The molecular weight excluding hydrogens is 310 g/mol. The molecule has 128 valence electrons. The van der Waals surface area contributed by atoms with Crippen LogP contribution in [0.3, 0.4) is 0 Å². The van der Waals surface area contributed by atoms with Crippen molar-refractivity contribution in [3.05, 3.63) is 60.7 Å². The second kappa shape index (κ2) is 7.31. The number of fused-ring (bicyclic) bond motifs is 5. The molecule has 0 amide bonds. The van der Waals surface area contributed by atoms with Crippen LogP contribution in [0.15, 0.2) is 60.7 Å². The Morgan fingerprint density at radius 3 is 1.80 bits per heavy atom. The molecule has 1 aliphatic heterocycles. The molecule has 0 saturated carbocycles. The molecule has 5 rings (SSSR count). The normalized spacial score (nSPS) is 11.0. The fraction of sp³-hybridized carbons (Fsp3) is 0.182. The van der Waals surface area contributed by atoms with Crippen molar-refractivity contribution < 1.29 is 9.47 Å². The zero-order chi connectivity index (χ0) is 17.8. The molecule has 0 atom stereocenters. The predicted octanol–water partition coefficient (Wildman–Crippen LogP) is 7.27. The lowest BCUT2D eigenvalue weighted by Gasteiger charge is -2.20. The highest BCUT2D eigenvalue weighted by atomic mass is 16.6. The van der Waals surface area contributed by atoms with Gasteiger partial charge in [-0.2, -0.15) is 0 Å². The van der Waals surface area contributed by atoms with Crippen molar-refractivity contribution in [1.82, 2.24) is 4.98 Å². The largest absolute Gasteiger partial charge is 0.449 e. The van der Waals surface area contributed by atoms with Gasteiger partial charge in [0.05, 0.1) is 5.52 Å². The number of benzene rings is 3. The van der Waals surface area contributed by atoms with Gasteiger partial charge in [0.25, 0.3) is 0 Å². The maximum absolute atomic E-state index is 5.96. The first-order valence-corrected chi connectivity index (χ1v) is 8.88. The Hall–Kier alpha value is -2.94. The Bertz CT molecular complexity index is 1000. The first-order valence-electron chi connectivity index (χ1n) is 8.88. The van der Waals surface area contributed by atoms with Crippen LogP contribution in [0.4, 0.5) is 0 Å². The third kappa shape index (κ3) is 2.93. The minimum Gasteiger partial charge on any atom is -0.449 e. The highest BCUT2D eigenvalue weighted by Gasteiger charge is 2.20. The lowest BCUT2D eigenvalue weighted by Crippen LogP contribution is -1.98. The van der Waals surface area contributed by atoms with Gasteiger partial charge in [-0.1, -0.05) is 58.0 Å². The summed E-state index contributed by atoms with van der Waals surface area (Å²) in [5, 5.41) is 2.34. The Morgan fingerprint density at radius 2 is 1.12 bits per heavy atom. The molecule has 0 fully saturated rings. The second-order valence-electron chi connectivity index (χ2n) is 5.17. The van der Waals surface area contributed by atoms with Crippen molar-refractivity contribution in [2.24, 2.45) is 0 Å². The first-order chi connectivity index (χ1) is 12.4. The van der Waals surface area contributed by atoms with E-state index in [9.17, 15) is 0 Å². The molecule has 0 saturated heterocycles. The van der Waals surface area contributed by atoms with E-state index in [1.54, 1.807) is 0 Å². The summed E-state index contributed by atoms with van der Waals surface area (Å²) in [6.45, 7) is 8.00. The lowest BCUT2D eigenvalue weighted by molar-refractivity contribution is 0.360. The molecule has 0 unspecified atom stereocenters. The van der Waals surface area contributed by atoms with E-state index in [1.807, 2.05) is 76.2 Å². The molecule has 2 heterocycles. The van der Waals surface area contributed by atoms with E-state index in [2.05, 4.69) is 17.1 Å². The molecule has 0 radical (unpaired) electrons. The lowest BCUT2D eigenvalue weighted by atomic mass is 10.1. The van der Waals surface area contributed by atoms with Gasteiger partial charge in [0.15, 0.2) is 23.0 Å². The summed E-state index contributed by atoms with van der Waals surface area (Å²) in [6, 6.07) is 20.0. The molecule has 0 aliphatic carbocycles. The third-order valence-corrected chi connectivity index (χ3v) is 3.86. The molecule has 0 spiro atoms. The van der Waals surface area contributed by atoms with Crippen LogP contribution in [0.2, 0.25) is 0 Å². The third-order valence-electron chi connectivity index (χ3n) is 3.86. The maximum atomic E-state index is 5.96. The topological polar surface area (TPSA) is 34.2 Å². The molecule has 1 aromatic heterocycles. The summed E-state index contributed by atoms with van der Waals surface area (Å²) >= 11 is 0. The number of aromatic amines is 1. The van der Waals surface area contributed by atoms with Crippen LogP contribution in [-0.4, -0.2) is 4.98 Å². The summed E-state index contributed by atoms with van der Waals surface area (Å²) in [6.07, 6.45) is 0. The number of para-hydroxylation sites is 3. The number of rotatable bonds is 0. The van der Waals surface area contributed by atoms with E-state index in [0.717, 1.165) is 39.4 Å². The standard InChI is InChI=1S/C18H11NO2.2C2H6/c1-2-6-13-11(5-1)12-9-17-18(10-14(12)19-13)21-16-8-4-3-7-15(16)20-17;2*1-2/h1-10,19H;2*1-2H3. The van der Waals surface area contributed by atoms with Gasteiger partial charge in [0, 0.05) is 22.4 Å². The molecule has 3 heteroatoms. The van der Waals surface area contributed by atoms with Crippen molar-refractivity contribution >= 4 is 21.8 Å². The quantitative estimate of drug-likeness (QED) is 0.323. The van der Waals surface area contributed by atoms with E-state index in [0.29, 0.717) is 0 Å². The molecule has 3 aromatic carbocycles. The maximum Gasteiger partial charge on any atom is 0.172 e. The Balaban J connectivity index is 0.000000428. The van der Waals surface area contributed by atoms with Crippen LogP contribution in [0, 0.1) is 0 Å². The average Bonchev–Trinajstić information content (AvgIpc) is 3.05. The zero-order valence-corrected chi connectivity index (χ0v) is 15.1. The molecule has 3 nitrogen and oxygen atoms in total. The molecular formula is C22H23NO2. The van der Waals surface area contributed by atoms with E-state index < -0.39 is 0 Å². The van der Waals surface area contributed by atoms with E-state index in [4.69, 9.17) is 9.47 Å². The average molecular weight is 333 g/mol. The number of H-pyrrole nitrogens is 1.